The van der Waals surface area contributed by atoms with Gasteiger partial charge in [-0.25, -0.2) is 0 Å². The Labute approximate surface area is 63.8 Å². The van der Waals surface area contributed by atoms with Crippen molar-refractivity contribution in [2.45, 2.75) is 18.2 Å². The lowest BCUT2D eigenvalue weighted by Gasteiger charge is -2.11. The van der Waals surface area contributed by atoms with Crippen molar-refractivity contribution in [3.8, 4) is 0 Å². The molecule has 0 spiro atoms. The van der Waals surface area contributed by atoms with Gasteiger partial charge in [0, 0.05) is 0 Å². The molecule has 0 bridgehead atoms. The maximum Gasteiger partial charge on any atom is 0.321 e. The third-order valence-electron chi connectivity index (χ3n) is 1.26. The number of carboxylic acids is 1. The molecule has 7 heteroatoms. The van der Waals surface area contributed by atoms with Crippen LogP contribution in [0.15, 0.2) is 0 Å². The van der Waals surface area contributed by atoms with Gasteiger partial charge in [-0.15, -0.1) is 0 Å². The van der Waals surface area contributed by atoms with Gasteiger partial charge >= 0.3 is 5.97 Å². The third-order valence-corrected chi connectivity index (χ3v) is 2.49. The van der Waals surface area contributed by atoms with Crippen LogP contribution in [0.1, 0.15) is 6.92 Å². The Morgan fingerprint density at radius 2 is 1.91 bits per heavy atom. The summed E-state index contributed by atoms with van der Waals surface area (Å²) < 4.78 is 28.9. The summed E-state index contributed by atoms with van der Waals surface area (Å²) in [5.41, 5.74) is 4.91. The Hall–Kier alpha value is -0.660. The second-order valence-electron chi connectivity index (χ2n) is 2.08. The van der Waals surface area contributed by atoms with Gasteiger partial charge in [-0.2, -0.15) is 8.42 Å². The van der Waals surface area contributed by atoms with E-state index in [-0.39, 0.29) is 0 Å². The lowest BCUT2D eigenvalue weighted by atomic mass is 10.2. The molecule has 0 aromatic carbocycles. The highest BCUT2D eigenvalue weighted by Gasteiger charge is 2.29. The fraction of sp³-hybridized carbons (Fsp3) is 0.750. The van der Waals surface area contributed by atoms with Crippen LogP contribution in [0.3, 0.4) is 0 Å². The van der Waals surface area contributed by atoms with E-state index < -0.39 is 27.4 Å². The molecule has 0 aliphatic rings. The highest BCUT2D eigenvalue weighted by Crippen LogP contribution is 2.01. The van der Waals surface area contributed by atoms with Crippen LogP contribution in [0, 0.1) is 0 Å². The molecule has 0 rings (SSSR count). The molecular formula is C4H9NO5S. The molecule has 0 aromatic heterocycles. The predicted octanol–water partition coefficient (Wildman–Crippen LogP) is -1.33. The molecule has 4 N–H and O–H groups in total. The molecule has 66 valence electrons. The van der Waals surface area contributed by atoms with Crippen molar-refractivity contribution in [3.05, 3.63) is 0 Å². The minimum atomic E-state index is -4.35. The molecule has 0 fully saturated rings. The largest absolute Gasteiger partial charge is 0.480 e. The zero-order valence-corrected chi connectivity index (χ0v) is 6.58. The van der Waals surface area contributed by atoms with E-state index in [1.165, 1.54) is 0 Å². The van der Waals surface area contributed by atoms with E-state index in [0.29, 0.717) is 0 Å². The van der Waals surface area contributed by atoms with E-state index in [1.54, 1.807) is 0 Å². The number of carbonyl (C=O) groups is 1. The maximum atomic E-state index is 10.3. The summed E-state index contributed by atoms with van der Waals surface area (Å²) >= 11 is 0. The number of hydrogen-bond acceptors (Lipinski definition) is 4. The molecule has 0 amide bonds. The van der Waals surface area contributed by atoms with Crippen LogP contribution in [0.25, 0.3) is 0 Å². The van der Waals surface area contributed by atoms with Gasteiger partial charge in [0.1, 0.15) is 11.3 Å². The minimum Gasteiger partial charge on any atom is -0.480 e. The molecule has 2 atom stereocenters. The highest BCUT2D eigenvalue weighted by atomic mass is 32.2. The standard InChI is InChI=1S/C4H9NO5S/c1-2(11(8,9)10)3(5)4(6)7/h2-3H,5H2,1H3,(H,6,7)(H,8,9,10)/t2?,3-/m0/s1. The Morgan fingerprint density at radius 1 is 1.55 bits per heavy atom. The molecule has 6 nitrogen and oxygen atoms in total. The summed E-state index contributed by atoms with van der Waals surface area (Å²) in [6.07, 6.45) is 0. The molecule has 0 aliphatic carbocycles. The van der Waals surface area contributed by atoms with E-state index in [9.17, 15) is 13.2 Å². The van der Waals surface area contributed by atoms with Crippen molar-refractivity contribution in [3.63, 3.8) is 0 Å². The first-order chi connectivity index (χ1) is 4.76. The van der Waals surface area contributed by atoms with Crippen molar-refractivity contribution in [1.29, 1.82) is 0 Å². The van der Waals surface area contributed by atoms with E-state index in [0.717, 1.165) is 6.92 Å². The molecule has 0 saturated heterocycles. The number of carboxylic acid groups (broad SMARTS) is 1. The SMILES string of the molecule is CC([C@H](N)C(=O)O)S(=O)(=O)O. The zero-order chi connectivity index (χ0) is 9.23. The molecular weight excluding hydrogens is 174 g/mol. The second kappa shape index (κ2) is 3.16. The molecule has 11 heavy (non-hydrogen) atoms. The lowest BCUT2D eigenvalue weighted by Crippen LogP contribution is -2.44. The topological polar surface area (TPSA) is 118 Å². The van der Waals surface area contributed by atoms with Gasteiger partial charge in [-0.3, -0.25) is 9.35 Å². The number of nitrogens with two attached hydrogens (primary N) is 1. The third kappa shape index (κ3) is 2.83. The first kappa shape index (κ1) is 10.3. The summed E-state index contributed by atoms with van der Waals surface area (Å²) in [7, 11) is -4.35. The van der Waals surface area contributed by atoms with E-state index in [2.05, 4.69) is 0 Å². The molecule has 0 heterocycles. The maximum absolute atomic E-state index is 10.3. The molecule has 0 aromatic rings. The fourth-order valence-electron chi connectivity index (χ4n) is 0.386. The van der Waals surface area contributed by atoms with Crippen molar-refractivity contribution in [1.82, 2.24) is 0 Å². The van der Waals surface area contributed by atoms with Crippen molar-refractivity contribution >= 4 is 16.1 Å². The van der Waals surface area contributed by atoms with Gasteiger partial charge in [0.2, 0.25) is 0 Å². The lowest BCUT2D eigenvalue weighted by molar-refractivity contribution is -0.138. The predicted molar refractivity (Wildman–Crippen MR) is 36.6 cm³/mol. The summed E-state index contributed by atoms with van der Waals surface area (Å²) in [6.45, 7) is 1.02. The van der Waals surface area contributed by atoms with Crippen molar-refractivity contribution < 1.29 is 22.9 Å². The van der Waals surface area contributed by atoms with Crippen LogP contribution >= 0.6 is 0 Å². The van der Waals surface area contributed by atoms with Gasteiger partial charge in [0.05, 0.1) is 0 Å². The Morgan fingerprint density at radius 3 is 2.00 bits per heavy atom. The van der Waals surface area contributed by atoms with Crippen LogP contribution in [-0.2, 0) is 14.9 Å². The Bertz CT molecular complexity index is 245. The summed E-state index contributed by atoms with van der Waals surface area (Å²) in [6, 6.07) is -1.59. The van der Waals surface area contributed by atoms with Gasteiger partial charge in [-0.1, -0.05) is 0 Å². The average molecular weight is 183 g/mol. The molecule has 0 radical (unpaired) electrons. The molecule has 1 unspecified atom stereocenters. The zero-order valence-electron chi connectivity index (χ0n) is 5.76. The Balaban J connectivity index is 4.51. The molecule has 0 saturated carbocycles. The van der Waals surface area contributed by atoms with Crippen molar-refractivity contribution in [2.24, 2.45) is 5.73 Å². The molecule has 0 aliphatic heterocycles. The normalized spacial score (nSPS) is 17.4. The highest BCUT2D eigenvalue weighted by molar-refractivity contribution is 7.86. The van der Waals surface area contributed by atoms with Gasteiger partial charge < -0.3 is 10.8 Å². The summed E-state index contributed by atoms with van der Waals surface area (Å²) in [5, 5.41) is 6.73. The Kier molecular flexibility index (Phi) is 2.97. The smallest absolute Gasteiger partial charge is 0.321 e. The number of rotatable bonds is 3. The van der Waals surface area contributed by atoms with Crippen LogP contribution in [0.4, 0.5) is 0 Å². The monoisotopic (exact) mass is 183 g/mol. The summed E-state index contributed by atoms with van der Waals surface area (Å²) in [5.74, 6) is -1.46. The quantitative estimate of drug-likeness (QED) is 0.467. The van der Waals surface area contributed by atoms with Gasteiger partial charge in [0.15, 0.2) is 0 Å². The van der Waals surface area contributed by atoms with Crippen LogP contribution in [0.2, 0.25) is 0 Å². The van der Waals surface area contributed by atoms with Crippen LogP contribution < -0.4 is 5.73 Å². The number of hydrogen-bond donors (Lipinski definition) is 3. The van der Waals surface area contributed by atoms with Gasteiger partial charge in [0.25, 0.3) is 10.1 Å². The van der Waals surface area contributed by atoms with Crippen molar-refractivity contribution in [2.75, 3.05) is 0 Å². The fourth-order valence-corrected chi connectivity index (χ4v) is 0.873. The van der Waals surface area contributed by atoms with E-state index in [4.69, 9.17) is 15.4 Å². The summed E-state index contributed by atoms with van der Waals surface area (Å²) in [4.78, 5) is 10.1. The number of aliphatic carboxylic acids is 1. The minimum absolute atomic E-state index is 1.02. The first-order valence-electron chi connectivity index (χ1n) is 2.71. The van der Waals surface area contributed by atoms with E-state index in [1.807, 2.05) is 0 Å². The average Bonchev–Trinajstić information content (AvgIpc) is 1.82. The van der Waals surface area contributed by atoms with E-state index >= 15 is 0 Å². The second-order valence-corrected chi connectivity index (χ2v) is 3.86. The van der Waals surface area contributed by atoms with Crippen LogP contribution in [-0.4, -0.2) is 35.3 Å². The van der Waals surface area contributed by atoms with Gasteiger partial charge in [-0.05, 0) is 6.92 Å². The van der Waals surface area contributed by atoms with Crippen LogP contribution in [0.5, 0.6) is 0 Å². The first-order valence-corrected chi connectivity index (χ1v) is 4.22.